The first-order chi connectivity index (χ1) is 10.5. The van der Waals surface area contributed by atoms with Gasteiger partial charge in [-0.05, 0) is 52.1 Å². The Morgan fingerprint density at radius 1 is 1.26 bits per heavy atom. The number of hydrogen-bond donors (Lipinski definition) is 2. The average Bonchev–Trinajstić information content (AvgIpc) is 2.46. The van der Waals surface area contributed by atoms with Crippen LogP contribution < -0.4 is 10.6 Å². The molecule has 0 saturated heterocycles. The van der Waals surface area contributed by atoms with Gasteiger partial charge < -0.3 is 20.3 Å². The van der Waals surface area contributed by atoms with E-state index in [1.807, 2.05) is 7.05 Å². The molecular formula is C17H37IN4O. The normalized spacial score (nSPS) is 18.1. The summed E-state index contributed by atoms with van der Waals surface area (Å²) < 4.78 is 5.81. The Morgan fingerprint density at radius 2 is 1.96 bits per heavy atom. The van der Waals surface area contributed by atoms with E-state index in [1.54, 1.807) is 0 Å². The van der Waals surface area contributed by atoms with Gasteiger partial charge in [-0.15, -0.1) is 24.0 Å². The third-order valence-corrected chi connectivity index (χ3v) is 4.82. The lowest BCUT2D eigenvalue weighted by molar-refractivity contribution is 0.0547. The van der Waals surface area contributed by atoms with Gasteiger partial charge in [0, 0.05) is 33.3 Å². The Morgan fingerprint density at radius 3 is 2.39 bits per heavy atom. The maximum Gasteiger partial charge on any atom is 0.191 e. The Labute approximate surface area is 160 Å². The molecule has 2 N–H and O–H groups in total. The van der Waals surface area contributed by atoms with Gasteiger partial charge in [-0.1, -0.05) is 13.3 Å². The molecule has 0 radical (unpaired) electrons. The summed E-state index contributed by atoms with van der Waals surface area (Å²) in [6, 6.07) is 0. The van der Waals surface area contributed by atoms with Crippen molar-refractivity contribution in [3.63, 3.8) is 0 Å². The third kappa shape index (κ3) is 8.54. The molecule has 0 spiro atoms. The molecule has 0 aromatic rings. The molecule has 1 aliphatic rings. The van der Waals surface area contributed by atoms with E-state index in [2.05, 4.69) is 48.5 Å². The fourth-order valence-electron chi connectivity index (χ4n) is 2.92. The zero-order valence-electron chi connectivity index (χ0n) is 15.7. The molecule has 1 aliphatic carbocycles. The van der Waals surface area contributed by atoms with Gasteiger partial charge in [-0.25, -0.2) is 0 Å². The van der Waals surface area contributed by atoms with Crippen LogP contribution in [0.4, 0.5) is 0 Å². The van der Waals surface area contributed by atoms with Gasteiger partial charge >= 0.3 is 0 Å². The van der Waals surface area contributed by atoms with E-state index in [0.717, 1.165) is 38.6 Å². The summed E-state index contributed by atoms with van der Waals surface area (Å²) in [5.41, 5.74) is 0.502. The van der Waals surface area contributed by atoms with Gasteiger partial charge in [0.2, 0.25) is 0 Å². The monoisotopic (exact) mass is 440 g/mol. The lowest BCUT2D eigenvalue weighted by Gasteiger charge is -2.41. The SMILES string of the molecule is CCOC(CCN(C)C)CNC(=NC)NCC1(CC)CCC1.I. The van der Waals surface area contributed by atoms with Crippen LogP contribution in [0.1, 0.15) is 46.0 Å². The van der Waals surface area contributed by atoms with E-state index in [0.29, 0.717) is 5.41 Å². The van der Waals surface area contributed by atoms with Gasteiger partial charge in [-0.3, -0.25) is 4.99 Å². The number of rotatable bonds is 10. The van der Waals surface area contributed by atoms with Gasteiger partial charge in [0.05, 0.1) is 6.10 Å². The van der Waals surface area contributed by atoms with Crippen LogP contribution in [0.5, 0.6) is 0 Å². The highest BCUT2D eigenvalue weighted by Gasteiger charge is 2.34. The summed E-state index contributed by atoms with van der Waals surface area (Å²) in [6.45, 7) is 7.98. The number of hydrogen-bond acceptors (Lipinski definition) is 3. The zero-order chi connectivity index (χ0) is 16.4. The van der Waals surface area contributed by atoms with Gasteiger partial charge in [0.1, 0.15) is 0 Å². The van der Waals surface area contributed by atoms with E-state index in [4.69, 9.17) is 4.74 Å². The fraction of sp³-hybridized carbons (Fsp3) is 0.941. The molecular weight excluding hydrogens is 403 g/mol. The van der Waals surface area contributed by atoms with E-state index in [1.165, 1.54) is 25.7 Å². The highest BCUT2D eigenvalue weighted by Crippen LogP contribution is 2.42. The van der Waals surface area contributed by atoms with Crippen LogP contribution in [0, 0.1) is 5.41 Å². The first-order valence-electron chi connectivity index (χ1n) is 8.76. The Kier molecular flexibility index (Phi) is 12.3. The molecule has 1 saturated carbocycles. The fourth-order valence-corrected chi connectivity index (χ4v) is 2.92. The number of nitrogens with zero attached hydrogens (tertiary/aromatic N) is 2. The molecule has 138 valence electrons. The number of halogens is 1. The smallest absolute Gasteiger partial charge is 0.191 e. The number of aliphatic imine (C=N–C) groups is 1. The molecule has 6 heteroatoms. The molecule has 0 bridgehead atoms. The molecule has 0 aromatic heterocycles. The molecule has 1 atom stereocenters. The van der Waals surface area contributed by atoms with Crippen molar-refractivity contribution < 1.29 is 4.74 Å². The second-order valence-corrected chi connectivity index (χ2v) is 6.68. The van der Waals surface area contributed by atoms with Crippen LogP contribution in [-0.4, -0.2) is 64.3 Å². The molecule has 23 heavy (non-hydrogen) atoms. The molecule has 5 nitrogen and oxygen atoms in total. The van der Waals surface area contributed by atoms with Gasteiger partial charge in [0.25, 0.3) is 0 Å². The quantitative estimate of drug-likeness (QED) is 0.312. The summed E-state index contributed by atoms with van der Waals surface area (Å²) >= 11 is 0. The van der Waals surface area contributed by atoms with Crippen molar-refractivity contribution >= 4 is 29.9 Å². The molecule has 0 aromatic carbocycles. The molecule has 0 aliphatic heterocycles. The predicted molar refractivity (Wildman–Crippen MR) is 110 cm³/mol. The minimum absolute atomic E-state index is 0. The molecule has 1 fully saturated rings. The van der Waals surface area contributed by atoms with Crippen molar-refractivity contribution in [3.05, 3.63) is 0 Å². The molecule has 1 unspecified atom stereocenters. The van der Waals surface area contributed by atoms with Crippen LogP contribution in [0.15, 0.2) is 4.99 Å². The standard InChI is InChI=1S/C17H36N4O.HI/c1-6-17(10-8-11-17)14-20-16(18-3)19-13-15(22-7-2)9-12-21(4)5;/h15H,6-14H2,1-5H3,(H2,18,19,20);1H. The number of nitrogens with one attached hydrogen (secondary N) is 2. The van der Waals surface area contributed by atoms with Crippen molar-refractivity contribution in [1.82, 2.24) is 15.5 Å². The Hall–Kier alpha value is -0.0800. The first kappa shape index (κ1) is 22.9. The maximum atomic E-state index is 5.81. The second kappa shape index (κ2) is 12.3. The van der Waals surface area contributed by atoms with Crippen molar-refractivity contribution in [3.8, 4) is 0 Å². The molecule has 0 heterocycles. The molecule has 1 rings (SSSR count). The van der Waals surface area contributed by atoms with Gasteiger partial charge in [0.15, 0.2) is 5.96 Å². The minimum atomic E-state index is 0. The number of guanidine groups is 1. The minimum Gasteiger partial charge on any atom is -0.377 e. The summed E-state index contributed by atoms with van der Waals surface area (Å²) in [5.74, 6) is 0.897. The summed E-state index contributed by atoms with van der Waals surface area (Å²) in [7, 11) is 6.03. The molecule has 0 amide bonds. The highest BCUT2D eigenvalue weighted by molar-refractivity contribution is 14.0. The van der Waals surface area contributed by atoms with Crippen LogP contribution in [0.25, 0.3) is 0 Å². The lowest BCUT2D eigenvalue weighted by Crippen LogP contribution is -2.48. The summed E-state index contributed by atoms with van der Waals surface area (Å²) in [6.07, 6.45) is 6.58. The van der Waals surface area contributed by atoms with E-state index < -0.39 is 0 Å². The summed E-state index contributed by atoms with van der Waals surface area (Å²) in [5, 5.41) is 6.92. The maximum absolute atomic E-state index is 5.81. The van der Waals surface area contributed by atoms with Crippen molar-refractivity contribution in [2.24, 2.45) is 10.4 Å². The lowest BCUT2D eigenvalue weighted by atomic mass is 9.67. The van der Waals surface area contributed by atoms with E-state index in [9.17, 15) is 0 Å². The second-order valence-electron chi connectivity index (χ2n) is 6.68. The Bertz CT molecular complexity index is 327. The van der Waals surface area contributed by atoms with E-state index in [-0.39, 0.29) is 30.1 Å². The first-order valence-corrected chi connectivity index (χ1v) is 8.76. The summed E-state index contributed by atoms with van der Waals surface area (Å²) in [4.78, 5) is 6.53. The van der Waals surface area contributed by atoms with Crippen LogP contribution in [0.2, 0.25) is 0 Å². The van der Waals surface area contributed by atoms with Crippen LogP contribution >= 0.6 is 24.0 Å². The van der Waals surface area contributed by atoms with Crippen LogP contribution in [-0.2, 0) is 4.74 Å². The third-order valence-electron chi connectivity index (χ3n) is 4.82. The largest absolute Gasteiger partial charge is 0.377 e. The van der Waals surface area contributed by atoms with Gasteiger partial charge in [-0.2, -0.15) is 0 Å². The van der Waals surface area contributed by atoms with E-state index >= 15 is 0 Å². The topological polar surface area (TPSA) is 48.9 Å². The average molecular weight is 440 g/mol. The van der Waals surface area contributed by atoms with Crippen molar-refractivity contribution in [2.45, 2.75) is 52.1 Å². The van der Waals surface area contributed by atoms with Crippen LogP contribution in [0.3, 0.4) is 0 Å². The zero-order valence-corrected chi connectivity index (χ0v) is 18.0. The highest BCUT2D eigenvalue weighted by atomic mass is 127. The van der Waals surface area contributed by atoms with Crippen molar-refractivity contribution in [1.29, 1.82) is 0 Å². The number of ether oxygens (including phenoxy) is 1. The van der Waals surface area contributed by atoms with Crippen molar-refractivity contribution in [2.75, 3.05) is 47.4 Å². The Balaban J connectivity index is 0.00000484. The predicted octanol–water partition coefficient (Wildman–Crippen LogP) is 2.71.